The normalized spacial score (nSPS) is 32.3. The van der Waals surface area contributed by atoms with Crippen molar-refractivity contribution in [3.05, 3.63) is 429 Å². The van der Waals surface area contributed by atoms with Gasteiger partial charge in [-0.15, -0.1) is 18.3 Å². The number of ether oxygens (including phenoxy) is 2. The number of nitrogens with zero attached hydrogens (tertiary/aromatic N) is 2. The van der Waals surface area contributed by atoms with Crippen LogP contribution in [0.25, 0.3) is 11.1 Å². The summed E-state index contributed by atoms with van der Waals surface area (Å²) in [7, 11) is 0. The van der Waals surface area contributed by atoms with Gasteiger partial charge in [-0.25, -0.2) is 8.78 Å². The predicted octanol–water partition coefficient (Wildman–Crippen LogP) is 31.3. The van der Waals surface area contributed by atoms with Crippen LogP contribution in [-0.4, -0.2) is 41.0 Å². The zero-order valence-electron chi connectivity index (χ0n) is 76.6. The molecule has 0 amide bonds. The van der Waals surface area contributed by atoms with E-state index in [0.29, 0.717) is 35.2 Å². The van der Waals surface area contributed by atoms with Crippen LogP contribution in [0.5, 0.6) is 0 Å². The summed E-state index contributed by atoms with van der Waals surface area (Å²) in [5, 5.41) is 0.773. The molecule has 1 aliphatic heterocycles. The molecule has 0 saturated carbocycles. The molecule has 0 spiro atoms. The number of anilines is 2. The highest BCUT2D eigenvalue weighted by atomic mass is 32.2. The number of halogens is 2. The van der Waals surface area contributed by atoms with E-state index < -0.39 is 6.17 Å². The molecule has 18 aliphatic rings. The van der Waals surface area contributed by atoms with E-state index in [9.17, 15) is 8.78 Å². The second-order valence-corrected chi connectivity index (χ2v) is 43.0. The molecular weight excluding hydrogens is 1600 g/mol. The van der Waals surface area contributed by atoms with Crippen molar-refractivity contribution in [2.45, 2.75) is 229 Å². The Morgan fingerprint density at radius 3 is 1.98 bits per heavy atom. The molecule has 658 valence electrons. The van der Waals surface area contributed by atoms with Gasteiger partial charge in [-0.2, -0.15) is 0 Å². The molecule has 1 heterocycles. The third-order valence-electron chi connectivity index (χ3n) is 32.4. The average molecular weight is 1720 g/mol. The molecule has 0 N–H and O–H groups in total. The zero-order chi connectivity index (χ0) is 87.9. The van der Waals surface area contributed by atoms with Crippen LogP contribution in [0.15, 0.2) is 406 Å². The quantitative estimate of drug-likeness (QED) is 0.105. The van der Waals surface area contributed by atoms with Crippen LogP contribution in [0.4, 0.5) is 20.2 Å². The van der Waals surface area contributed by atoms with Crippen LogP contribution in [0, 0.1) is 57.7 Å². The molecule has 0 radical (unpaired) electrons. The first-order valence-corrected chi connectivity index (χ1v) is 50.0. The molecule has 0 aromatic heterocycles. The summed E-state index contributed by atoms with van der Waals surface area (Å²) in [6, 6.07) is 29.2. The Labute approximate surface area is 772 Å². The van der Waals surface area contributed by atoms with E-state index >= 15 is 0 Å². The number of benzene rings is 3. The van der Waals surface area contributed by atoms with Gasteiger partial charge in [0.1, 0.15) is 35.7 Å². The number of fused-ring (bicyclic) bond motifs is 7. The van der Waals surface area contributed by atoms with E-state index in [4.69, 9.17) is 9.47 Å². The Hall–Kier alpha value is -10.5. The summed E-state index contributed by atoms with van der Waals surface area (Å²) in [5.41, 5.74) is 29.6. The number of alkyl halides is 1. The summed E-state index contributed by atoms with van der Waals surface area (Å²) < 4.78 is 42.9. The van der Waals surface area contributed by atoms with Gasteiger partial charge in [0, 0.05) is 75.2 Å². The van der Waals surface area contributed by atoms with Gasteiger partial charge >= 0.3 is 0 Å². The fraction of sp³-hybridized carbons (Fsp3) is 0.377. The Balaban J connectivity index is 0.663. The van der Waals surface area contributed by atoms with Crippen molar-refractivity contribution < 1.29 is 18.3 Å². The van der Waals surface area contributed by atoms with Crippen LogP contribution in [-0.2, 0) is 14.9 Å². The number of thioether (sulfide) groups is 1. The van der Waals surface area contributed by atoms with Crippen LogP contribution in [0.1, 0.15) is 205 Å². The van der Waals surface area contributed by atoms with Crippen molar-refractivity contribution in [2.75, 3.05) is 9.80 Å². The highest BCUT2D eigenvalue weighted by Crippen LogP contribution is 2.68. The second kappa shape index (κ2) is 35.3. The lowest BCUT2D eigenvalue weighted by molar-refractivity contribution is 0.124. The van der Waals surface area contributed by atoms with Gasteiger partial charge in [-0.05, 0) is 324 Å². The van der Waals surface area contributed by atoms with Gasteiger partial charge in [0.15, 0.2) is 0 Å². The van der Waals surface area contributed by atoms with E-state index in [0.717, 1.165) is 145 Å². The van der Waals surface area contributed by atoms with E-state index in [-0.39, 0.29) is 87.3 Å². The fourth-order valence-electron chi connectivity index (χ4n) is 25.9. The molecule has 129 heavy (non-hydrogen) atoms. The molecule has 0 bridgehead atoms. The van der Waals surface area contributed by atoms with Crippen molar-refractivity contribution in [3.63, 3.8) is 0 Å². The van der Waals surface area contributed by atoms with Gasteiger partial charge in [-0.1, -0.05) is 284 Å². The highest BCUT2D eigenvalue weighted by molar-refractivity contribution is 8.01. The molecule has 17 atom stereocenters. The maximum absolute atomic E-state index is 14.6. The molecule has 1 saturated heterocycles. The van der Waals surface area contributed by atoms with Crippen LogP contribution >= 0.6 is 11.8 Å². The number of hydrogen-bond donors (Lipinski definition) is 0. The van der Waals surface area contributed by atoms with Crippen molar-refractivity contribution in [3.8, 4) is 0 Å². The summed E-state index contributed by atoms with van der Waals surface area (Å²) >= 11 is 2.23. The number of allylic oxidation sites excluding steroid dienone is 46. The topological polar surface area (TPSA) is 24.9 Å². The third-order valence-corrected chi connectivity index (χ3v) is 34.1. The third kappa shape index (κ3) is 16.2. The monoisotopic (exact) mass is 1720 g/mol. The standard InChI is InChI=1S/C122H128F2N2O2S/c1-9-79-25-61-103(62-26-79)127-105-65-45-93(46-66-105)121(91-41-37-89(38-42-91)119(3,4)5)113-23-13-11-21-107(113)109-69-57-101(77-115(109)121)125(97-53-33-83(34-54-97)87-19-15-17-85(73-87)81-29-49-95(123)50-30-81)99-59-71-117-111(75-99)112-76-100(60-72-118(112)129-117)126(98-55-35-84(36-56-98)88-20-16-18-86(74-88)82-31-51-96(124)52-32-82)102-58-70-110-108-22-12-14-24-114(108)122(116(110)78-102,92-43-39-90(40-44-92)120(6,7)8)94-47-67-106(68-48-94)128-104-63-27-80(10-2)28-64-104/h9-13,18-19,21-23,25,27-29,31-37,39-41,43,45,47,49,51,53-58,60-63,65,67-70,72-76,79,92-94,96,101-102,104-105,109,111-112,115,117-118H,1-2,14-17,20,24,26,30,38,42,44,46,48,50,52,59,64,66,71,77-78H2,3-8H3. The van der Waals surface area contributed by atoms with E-state index in [1.54, 1.807) is 28.9 Å². The van der Waals surface area contributed by atoms with Crippen LogP contribution in [0.3, 0.4) is 0 Å². The first-order chi connectivity index (χ1) is 62.8. The maximum Gasteiger partial charge on any atom is 0.122 e. The largest absolute Gasteiger partial charge is 0.487 e. The fourth-order valence-corrected chi connectivity index (χ4v) is 27.6. The average Bonchev–Trinajstić information content (AvgIpc) is 1.55. The molecule has 1 fully saturated rings. The Morgan fingerprint density at radius 2 is 1.27 bits per heavy atom. The SMILES string of the molecule is C=CC1=CCC(OC2=CCC(C3(C4C=CC(C(C)(C)C)=CC4)C4=C(C=CCC4)C4=C3CC(N(C3=CC5C(C=C3)SC3CCC(N(c6ccc(C7=CCCC(C8=CC=C(F)CC8)=C7)cc6)C6C=CC7c8ccccc8C(C8=CC=C(C(C)(C)C)CC8)(C8C=CC(OC9=CCC(C=C)C=C9)CC8)C7C6)=CC35)c3ccc(C5=CC(C6=CCC(F)C=C6)=CCC5)cc3)C=C4)C=C2)C=C1. The van der Waals surface area contributed by atoms with E-state index in [1.165, 1.54) is 95.2 Å². The highest BCUT2D eigenvalue weighted by Gasteiger charge is 2.60. The molecule has 7 heteroatoms. The minimum Gasteiger partial charge on any atom is -0.487 e. The van der Waals surface area contributed by atoms with Gasteiger partial charge in [0.2, 0.25) is 0 Å². The molecule has 17 unspecified atom stereocenters. The zero-order valence-corrected chi connectivity index (χ0v) is 77.4. The lowest BCUT2D eigenvalue weighted by Gasteiger charge is -2.50. The molecule has 4 nitrogen and oxygen atoms in total. The van der Waals surface area contributed by atoms with Crippen LogP contribution < -0.4 is 9.80 Å². The van der Waals surface area contributed by atoms with Crippen molar-refractivity contribution >= 4 is 34.3 Å². The summed E-state index contributed by atoms with van der Waals surface area (Å²) in [4.78, 5) is 5.64. The first kappa shape index (κ1) is 85.3. The molecule has 17 aliphatic carbocycles. The predicted molar refractivity (Wildman–Crippen MR) is 537 cm³/mol. The Bertz CT molecular complexity index is 5960. The van der Waals surface area contributed by atoms with Gasteiger partial charge in [0.25, 0.3) is 0 Å². The molecule has 3 aromatic rings. The molecule has 3 aromatic carbocycles. The summed E-state index contributed by atoms with van der Waals surface area (Å²) in [6.45, 7) is 22.5. The summed E-state index contributed by atoms with van der Waals surface area (Å²) in [6.07, 6.45) is 106. The summed E-state index contributed by atoms with van der Waals surface area (Å²) in [5.74, 6) is 4.07. The van der Waals surface area contributed by atoms with Crippen molar-refractivity contribution in [1.82, 2.24) is 0 Å². The minimum atomic E-state index is -0.929. The second-order valence-electron chi connectivity index (χ2n) is 41.6. The Kier molecular flexibility index (Phi) is 23.4. The number of rotatable bonds is 20. The Morgan fingerprint density at radius 1 is 0.504 bits per heavy atom. The smallest absolute Gasteiger partial charge is 0.122 e. The van der Waals surface area contributed by atoms with Crippen molar-refractivity contribution in [2.24, 2.45) is 57.7 Å². The van der Waals surface area contributed by atoms with Crippen molar-refractivity contribution in [1.29, 1.82) is 0 Å². The number of hydrogen-bond acceptors (Lipinski definition) is 5. The van der Waals surface area contributed by atoms with Crippen LogP contribution in [0.2, 0.25) is 0 Å². The van der Waals surface area contributed by atoms with E-state index in [1.807, 2.05) is 24.3 Å². The molecular formula is C122H128F2N2O2S. The van der Waals surface area contributed by atoms with Gasteiger partial charge in [-0.3, -0.25) is 0 Å². The van der Waals surface area contributed by atoms with Gasteiger partial charge < -0.3 is 19.3 Å². The van der Waals surface area contributed by atoms with E-state index in [2.05, 4.69) is 337 Å². The lowest BCUT2D eigenvalue weighted by Crippen LogP contribution is -2.48. The maximum atomic E-state index is 14.6. The lowest BCUT2D eigenvalue weighted by atomic mass is 9.54. The minimum absolute atomic E-state index is 0.00206. The first-order valence-electron chi connectivity index (χ1n) is 49.1. The van der Waals surface area contributed by atoms with Gasteiger partial charge in [0.05, 0.1) is 12.1 Å². The molecule has 21 rings (SSSR count).